The molecule has 4 nitrogen and oxygen atoms in total. The lowest BCUT2D eigenvalue weighted by Crippen LogP contribution is -2.29. The number of carbonyl (C=O) groups is 1. The van der Waals surface area contributed by atoms with E-state index in [4.69, 9.17) is 5.84 Å². The summed E-state index contributed by atoms with van der Waals surface area (Å²) in [5, 5.41) is 0. The number of hydrogen-bond donors (Lipinski definition) is 2. The summed E-state index contributed by atoms with van der Waals surface area (Å²) in [5.41, 5.74) is 2.15. The SMILES string of the molecule is NNC(=O)CCCCCN1CCCC1. The molecule has 1 heterocycles. The quantitative estimate of drug-likeness (QED) is 0.285. The second-order valence-corrected chi connectivity index (χ2v) is 3.93. The van der Waals surface area contributed by atoms with Gasteiger partial charge in [0.25, 0.3) is 0 Å². The molecule has 1 saturated heterocycles. The van der Waals surface area contributed by atoms with Gasteiger partial charge in [-0.15, -0.1) is 0 Å². The van der Waals surface area contributed by atoms with E-state index in [1.807, 2.05) is 0 Å². The molecule has 1 fully saturated rings. The van der Waals surface area contributed by atoms with Gasteiger partial charge in [-0.3, -0.25) is 10.2 Å². The van der Waals surface area contributed by atoms with Crippen LogP contribution in [-0.2, 0) is 4.79 Å². The molecule has 0 bridgehead atoms. The standard InChI is InChI=1S/C10H21N3O/c11-12-10(14)6-2-1-3-7-13-8-4-5-9-13/h1-9,11H2,(H,12,14). The van der Waals surface area contributed by atoms with E-state index < -0.39 is 0 Å². The Morgan fingerprint density at radius 2 is 1.93 bits per heavy atom. The van der Waals surface area contributed by atoms with Gasteiger partial charge in [0.05, 0.1) is 0 Å². The molecule has 0 unspecified atom stereocenters. The van der Waals surface area contributed by atoms with Crippen LogP contribution in [0.5, 0.6) is 0 Å². The Labute approximate surface area is 85.8 Å². The van der Waals surface area contributed by atoms with Crippen molar-refractivity contribution in [3.05, 3.63) is 0 Å². The largest absolute Gasteiger partial charge is 0.303 e. The zero-order valence-electron chi connectivity index (χ0n) is 8.80. The third-order valence-corrected chi connectivity index (χ3v) is 2.74. The number of likely N-dealkylation sites (tertiary alicyclic amines) is 1. The summed E-state index contributed by atoms with van der Waals surface area (Å²) in [4.78, 5) is 13.3. The highest BCUT2D eigenvalue weighted by molar-refractivity contribution is 5.74. The highest BCUT2D eigenvalue weighted by Gasteiger charge is 2.10. The third kappa shape index (κ3) is 4.58. The Morgan fingerprint density at radius 3 is 2.57 bits per heavy atom. The maximum Gasteiger partial charge on any atom is 0.233 e. The van der Waals surface area contributed by atoms with Crippen molar-refractivity contribution in [3.63, 3.8) is 0 Å². The molecule has 1 amide bonds. The van der Waals surface area contributed by atoms with Gasteiger partial charge in [0.1, 0.15) is 0 Å². The molecule has 1 aliphatic heterocycles. The number of unbranched alkanes of at least 4 members (excludes halogenated alkanes) is 2. The summed E-state index contributed by atoms with van der Waals surface area (Å²) in [6.45, 7) is 3.73. The van der Waals surface area contributed by atoms with Gasteiger partial charge in [0, 0.05) is 6.42 Å². The van der Waals surface area contributed by atoms with E-state index in [0.29, 0.717) is 6.42 Å². The summed E-state index contributed by atoms with van der Waals surface area (Å²) < 4.78 is 0. The van der Waals surface area contributed by atoms with Gasteiger partial charge in [0.15, 0.2) is 0 Å². The van der Waals surface area contributed by atoms with E-state index in [9.17, 15) is 4.79 Å². The van der Waals surface area contributed by atoms with Gasteiger partial charge >= 0.3 is 0 Å². The predicted octanol–water partition coefficient (Wildman–Crippen LogP) is 0.632. The Morgan fingerprint density at radius 1 is 1.21 bits per heavy atom. The Hall–Kier alpha value is -0.610. The maximum atomic E-state index is 10.8. The maximum absolute atomic E-state index is 10.8. The molecular formula is C10H21N3O. The molecular weight excluding hydrogens is 178 g/mol. The number of nitrogens with two attached hydrogens (primary N) is 1. The molecule has 1 rings (SSSR count). The number of nitrogens with one attached hydrogen (secondary N) is 1. The lowest BCUT2D eigenvalue weighted by Gasteiger charge is -2.13. The number of hydrazine groups is 1. The van der Waals surface area contributed by atoms with Crippen molar-refractivity contribution >= 4 is 5.91 Å². The lowest BCUT2D eigenvalue weighted by molar-refractivity contribution is -0.121. The number of hydrogen-bond acceptors (Lipinski definition) is 3. The van der Waals surface area contributed by atoms with Gasteiger partial charge in [0.2, 0.25) is 5.91 Å². The molecule has 3 N–H and O–H groups in total. The molecule has 1 aliphatic rings. The minimum Gasteiger partial charge on any atom is -0.303 e. The molecule has 0 aromatic rings. The van der Waals surface area contributed by atoms with E-state index in [0.717, 1.165) is 12.8 Å². The van der Waals surface area contributed by atoms with Crippen LogP contribution < -0.4 is 11.3 Å². The van der Waals surface area contributed by atoms with Crippen molar-refractivity contribution in [2.45, 2.75) is 38.5 Å². The average molecular weight is 199 g/mol. The van der Waals surface area contributed by atoms with Crippen LogP contribution in [0.15, 0.2) is 0 Å². The average Bonchev–Trinajstić information content (AvgIpc) is 2.69. The second-order valence-electron chi connectivity index (χ2n) is 3.93. The van der Waals surface area contributed by atoms with Gasteiger partial charge in [-0.05, 0) is 45.3 Å². The van der Waals surface area contributed by atoms with Crippen LogP contribution in [-0.4, -0.2) is 30.4 Å². The first kappa shape index (κ1) is 11.5. The number of carbonyl (C=O) groups excluding carboxylic acids is 1. The molecule has 82 valence electrons. The van der Waals surface area contributed by atoms with E-state index in [1.54, 1.807) is 0 Å². The van der Waals surface area contributed by atoms with E-state index in [2.05, 4.69) is 10.3 Å². The van der Waals surface area contributed by atoms with Gasteiger partial charge < -0.3 is 4.90 Å². The highest BCUT2D eigenvalue weighted by atomic mass is 16.2. The fourth-order valence-electron chi connectivity index (χ4n) is 1.88. The van der Waals surface area contributed by atoms with Crippen molar-refractivity contribution in [2.24, 2.45) is 5.84 Å². The molecule has 0 spiro atoms. The fourth-order valence-corrected chi connectivity index (χ4v) is 1.88. The molecule has 0 saturated carbocycles. The summed E-state index contributed by atoms with van der Waals surface area (Å²) in [7, 11) is 0. The minimum atomic E-state index is -0.0498. The minimum absolute atomic E-state index is 0.0498. The summed E-state index contributed by atoms with van der Waals surface area (Å²) in [6.07, 6.45) is 6.57. The van der Waals surface area contributed by atoms with Crippen molar-refractivity contribution in [2.75, 3.05) is 19.6 Å². The second kappa shape index (κ2) is 6.79. The van der Waals surface area contributed by atoms with Crippen molar-refractivity contribution in [3.8, 4) is 0 Å². The number of rotatable bonds is 6. The molecule has 14 heavy (non-hydrogen) atoms. The van der Waals surface area contributed by atoms with Crippen molar-refractivity contribution in [1.82, 2.24) is 10.3 Å². The topological polar surface area (TPSA) is 58.4 Å². The Kier molecular flexibility index (Phi) is 5.56. The summed E-state index contributed by atoms with van der Waals surface area (Å²) in [6, 6.07) is 0. The first-order valence-corrected chi connectivity index (χ1v) is 5.55. The third-order valence-electron chi connectivity index (χ3n) is 2.74. The molecule has 0 atom stereocenters. The zero-order valence-corrected chi connectivity index (χ0v) is 8.80. The summed E-state index contributed by atoms with van der Waals surface area (Å²) >= 11 is 0. The lowest BCUT2D eigenvalue weighted by atomic mass is 10.2. The van der Waals surface area contributed by atoms with Gasteiger partial charge in [-0.2, -0.15) is 0 Å². The van der Waals surface area contributed by atoms with Crippen LogP contribution in [0.3, 0.4) is 0 Å². The first-order chi connectivity index (χ1) is 6.83. The smallest absolute Gasteiger partial charge is 0.233 e. The molecule has 0 radical (unpaired) electrons. The Bertz CT molecular complexity index is 167. The van der Waals surface area contributed by atoms with E-state index in [-0.39, 0.29) is 5.91 Å². The molecule has 0 aliphatic carbocycles. The van der Waals surface area contributed by atoms with Gasteiger partial charge in [-0.1, -0.05) is 6.42 Å². The Balaban J connectivity index is 1.86. The highest BCUT2D eigenvalue weighted by Crippen LogP contribution is 2.09. The molecule has 4 heteroatoms. The van der Waals surface area contributed by atoms with Crippen molar-refractivity contribution in [1.29, 1.82) is 0 Å². The van der Waals surface area contributed by atoms with Crippen LogP contribution in [0.1, 0.15) is 38.5 Å². The molecule has 0 aromatic carbocycles. The molecule has 0 aromatic heterocycles. The van der Waals surface area contributed by atoms with E-state index in [1.165, 1.54) is 38.9 Å². The first-order valence-electron chi connectivity index (χ1n) is 5.55. The summed E-state index contributed by atoms with van der Waals surface area (Å²) in [5.74, 6) is 4.93. The fraction of sp³-hybridized carbons (Fsp3) is 0.900. The monoisotopic (exact) mass is 199 g/mol. The normalized spacial score (nSPS) is 17.2. The van der Waals surface area contributed by atoms with Gasteiger partial charge in [-0.25, -0.2) is 5.84 Å². The number of nitrogens with zero attached hydrogens (tertiary/aromatic N) is 1. The van der Waals surface area contributed by atoms with Crippen LogP contribution >= 0.6 is 0 Å². The van der Waals surface area contributed by atoms with Crippen LogP contribution in [0, 0.1) is 0 Å². The van der Waals surface area contributed by atoms with Crippen LogP contribution in [0.25, 0.3) is 0 Å². The van der Waals surface area contributed by atoms with Crippen LogP contribution in [0.4, 0.5) is 0 Å². The van der Waals surface area contributed by atoms with Crippen LogP contribution in [0.2, 0.25) is 0 Å². The predicted molar refractivity (Wildman–Crippen MR) is 56.5 cm³/mol. The zero-order chi connectivity index (χ0) is 10.2. The van der Waals surface area contributed by atoms with E-state index >= 15 is 0 Å². The number of amides is 1. The van der Waals surface area contributed by atoms with Crippen molar-refractivity contribution < 1.29 is 4.79 Å².